The van der Waals surface area contributed by atoms with E-state index < -0.39 is 0 Å². The molecule has 0 bridgehead atoms. The van der Waals surface area contributed by atoms with Gasteiger partial charge in [0.2, 0.25) is 5.91 Å². The van der Waals surface area contributed by atoms with E-state index in [2.05, 4.69) is 5.32 Å². The zero-order chi connectivity index (χ0) is 15.9. The Kier molecular flexibility index (Phi) is 6.01. The van der Waals surface area contributed by atoms with Crippen LogP contribution in [0.5, 0.6) is 0 Å². The van der Waals surface area contributed by atoms with Gasteiger partial charge in [-0.25, -0.2) is 4.39 Å². The summed E-state index contributed by atoms with van der Waals surface area (Å²) in [6.07, 6.45) is 0. The quantitative estimate of drug-likeness (QED) is 0.810. The number of carbonyl (C=O) groups is 1. The average molecular weight is 317 g/mol. The minimum Gasteiger partial charge on any atom is -0.352 e. The van der Waals surface area contributed by atoms with Crippen molar-refractivity contribution in [3.63, 3.8) is 0 Å². The third-order valence-corrected chi connectivity index (χ3v) is 4.67. The topological polar surface area (TPSA) is 29.1 Å². The zero-order valence-electron chi connectivity index (χ0n) is 12.8. The molecule has 0 aliphatic heterocycles. The van der Waals surface area contributed by atoms with Gasteiger partial charge in [0, 0.05) is 23.1 Å². The number of rotatable bonds is 6. The van der Waals surface area contributed by atoms with Crippen LogP contribution in [0, 0.1) is 18.7 Å². The first-order chi connectivity index (χ1) is 10.6. The summed E-state index contributed by atoms with van der Waals surface area (Å²) in [6, 6.07) is 15.0. The number of nitrogens with one attached hydrogen (secondary N) is 1. The summed E-state index contributed by atoms with van der Waals surface area (Å²) in [6.45, 7) is 3.98. The highest BCUT2D eigenvalue weighted by Gasteiger charge is 2.13. The van der Waals surface area contributed by atoms with Gasteiger partial charge in [0.05, 0.1) is 0 Å². The Morgan fingerprint density at radius 2 is 1.95 bits per heavy atom. The third-order valence-electron chi connectivity index (χ3n) is 3.39. The van der Waals surface area contributed by atoms with Crippen LogP contribution in [-0.2, 0) is 11.3 Å². The van der Waals surface area contributed by atoms with Gasteiger partial charge in [-0.2, -0.15) is 0 Å². The van der Waals surface area contributed by atoms with Crippen LogP contribution in [0.15, 0.2) is 53.4 Å². The van der Waals surface area contributed by atoms with Gasteiger partial charge in [-0.1, -0.05) is 37.3 Å². The summed E-state index contributed by atoms with van der Waals surface area (Å²) in [5.41, 5.74) is 1.39. The van der Waals surface area contributed by atoms with Crippen molar-refractivity contribution in [3.8, 4) is 0 Å². The van der Waals surface area contributed by atoms with Gasteiger partial charge in [0.15, 0.2) is 0 Å². The smallest absolute Gasteiger partial charge is 0.223 e. The fraction of sp³-hybridized carbons (Fsp3) is 0.278. The van der Waals surface area contributed by atoms with Gasteiger partial charge in [-0.05, 0) is 36.2 Å². The number of hydrogen-bond acceptors (Lipinski definition) is 2. The van der Waals surface area contributed by atoms with E-state index in [4.69, 9.17) is 0 Å². The summed E-state index contributed by atoms with van der Waals surface area (Å²) >= 11 is 1.66. The molecule has 22 heavy (non-hydrogen) atoms. The highest BCUT2D eigenvalue weighted by molar-refractivity contribution is 7.99. The summed E-state index contributed by atoms with van der Waals surface area (Å²) in [5, 5.41) is 2.86. The molecule has 0 heterocycles. The van der Waals surface area contributed by atoms with Crippen molar-refractivity contribution in [2.24, 2.45) is 5.92 Å². The molecule has 116 valence electrons. The number of carbonyl (C=O) groups excluding carboxylic acids is 1. The molecule has 2 rings (SSSR count). The molecule has 1 unspecified atom stereocenters. The summed E-state index contributed by atoms with van der Waals surface area (Å²) in [4.78, 5) is 13.2. The van der Waals surface area contributed by atoms with E-state index in [1.54, 1.807) is 24.8 Å². The molecule has 4 heteroatoms. The van der Waals surface area contributed by atoms with Crippen LogP contribution in [0.25, 0.3) is 0 Å². The molecule has 1 atom stereocenters. The second-order valence-corrected chi connectivity index (χ2v) is 6.42. The Balaban J connectivity index is 1.79. The average Bonchev–Trinajstić information content (AvgIpc) is 2.54. The van der Waals surface area contributed by atoms with Crippen molar-refractivity contribution in [2.45, 2.75) is 25.3 Å². The first-order valence-electron chi connectivity index (χ1n) is 7.27. The number of hydrogen-bond donors (Lipinski definition) is 1. The number of aryl methyl sites for hydroxylation is 1. The van der Waals surface area contributed by atoms with Gasteiger partial charge < -0.3 is 5.32 Å². The molecule has 0 saturated carbocycles. The number of benzene rings is 2. The molecular formula is C18H20FNOS. The molecule has 0 aliphatic rings. The van der Waals surface area contributed by atoms with E-state index in [1.807, 2.05) is 43.3 Å². The summed E-state index contributed by atoms with van der Waals surface area (Å²) < 4.78 is 13.5. The first-order valence-corrected chi connectivity index (χ1v) is 8.25. The molecule has 0 saturated heterocycles. The fourth-order valence-electron chi connectivity index (χ4n) is 1.92. The van der Waals surface area contributed by atoms with Gasteiger partial charge in [-0.15, -0.1) is 11.8 Å². The minimum absolute atomic E-state index is 0.00980. The summed E-state index contributed by atoms with van der Waals surface area (Å²) in [7, 11) is 0. The largest absolute Gasteiger partial charge is 0.352 e. The van der Waals surface area contributed by atoms with E-state index in [-0.39, 0.29) is 17.6 Å². The van der Waals surface area contributed by atoms with Crippen molar-refractivity contribution < 1.29 is 9.18 Å². The van der Waals surface area contributed by atoms with Gasteiger partial charge >= 0.3 is 0 Å². The molecule has 0 aromatic heterocycles. The SMILES string of the molecule is Cc1ccc(CNC(=O)C(C)CSc2ccccc2)cc1F. The number of thioether (sulfide) groups is 1. The van der Waals surface area contributed by atoms with Crippen molar-refractivity contribution in [3.05, 3.63) is 65.5 Å². The molecule has 1 amide bonds. The van der Waals surface area contributed by atoms with Gasteiger partial charge in [-0.3, -0.25) is 4.79 Å². The van der Waals surface area contributed by atoms with E-state index >= 15 is 0 Å². The van der Waals surface area contributed by atoms with Gasteiger partial charge in [0.25, 0.3) is 0 Å². The predicted octanol–water partition coefficient (Wildman–Crippen LogP) is 4.18. The Hall–Kier alpha value is -1.81. The van der Waals surface area contributed by atoms with E-state index in [0.717, 1.165) is 16.2 Å². The highest BCUT2D eigenvalue weighted by Crippen LogP contribution is 2.20. The molecule has 0 radical (unpaired) electrons. The van der Waals surface area contributed by atoms with E-state index in [1.165, 1.54) is 6.07 Å². The number of halogens is 1. The maximum absolute atomic E-state index is 13.5. The maximum atomic E-state index is 13.5. The molecule has 2 nitrogen and oxygen atoms in total. The van der Waals surface area contributed by atoms with E-state index in [9.17, 15) is 9.18 Å². The fourth-order valence-corrected chi connectivity index (χ4v) is 2.87. The molecule has 0 aliphatic carbocycles. The lowest BCUT2D eigenvalue weighted by Gasteiger charge is -2.12. The Morgan fingerprint density at radius 3 is 2.64 bits per heavy atom. The maximum Gasteiger partial charge on any atom is 0.223 e. The molecule has 0 spiro atoms. The molecule has 2 aromatic rings. The van der Waals surface area contributed by atoms with Crippen LogP contribution in [0.4, 0.5) is 4.39 Å². The van der Waals surface area contributed by atoms with Crippen LogP contribution in [0.1, 0.15) is 18.1 Å². The van der Waals surface area contributed by atoms with Gasteiger partial charge in [0.1, 0.15) is 5.82 Å². The van der Waals surface area contributed by atoms with E-state index in [0.29, 0.717) is 12.1 Å². The predicted molar refractivity (Wildman–Crippen MR) is 89.3 cm³/mol. The van der Waals surface area contributed by atoms with Crippen LogP contribution in [0.3, 0.4) is 0 Å². The lowest BCUT2D eigenvalue weighted by atomic mass is 10.1. The second kappa shape index (κ2) is 7.99. The first kappa shape index (κ1) is 16.6. The Morgan fingerprint density at radius 1 is 1.23 bits per heavy atom. The van der Waals surface area contributed by atoms with Crippen molar-refractivity contribution in [1.29, 1.82) is 0 Å². The van der Waals surface area contributed by atoms with Crippen LogP contribution >= 0.6 is 11.8 Å². The standard InChI is InChI=1S/C18H20FNOS/c1-13-8-9-15(10-17(13)19)11-20-18(21)14(2)12-22-16-6-4-3-5-7-16/h3-10,14H,11-12H2,1-2H3,(H,20,21). The lowest BCUT2D eigenvalue weighted by Crippen LogP contribution is -2.30. The van der Waals surface area contributed by atoms with Crippen LogP contribution in [-0.4, -0.2) is 11.7 Å². The minimum atomic E-state index is -0.237. The number of amides is 1. The second-order valence-electron chi connectivity index (χ2n) is 5.33. The zero-order valence-corrected chi connectivity index (χ0v) is 13.6. The lowest BCUT2D eigenvalue weighted by molar-refractivity contribution is -0.124. The molecular weight excluding hydrogens is 297 g/mol. The summed E-state index contributed by atoms with van der Waals surface area (Å²) in [5.74, 6) is 0.377. The van der Waals surface area contributed by atoms with Crippen molar-refractivity contribution >= 4 is 17.7 Å². The normalized spacial score (nSPS) is 12.0. The third kappa shape index (κ3) is 4.88. The van der Waals surface area contributed by atoms with Crippen molar-refractivity contribution in [2.75, 3.05) is 5.75 Å². The van der Waals surface area contributed by atoms with Crippen molar-refractivity contribution in [1.82, 2.24) is 5.32 Å². The monoisotopic (exact) mass is 317 g/mol. The Labute approximate surface area is 135 Å². The highest BCUT2D eigenvalue weighted by atomic mass is 32.2. The Bertz CT molecular complexity index is 630. The molecule has 0 fully saturated rings. The van der Waals surface area contributed by atoms with Crippen LogP contribution < -0.4 is 5.32 Å². The van der Waals surface area contributed by atoms with Crippen LogP contribution in [0.2, 0.25) is 0 Å². The molecule has 2 aromatic carbocycles. The molecule has 1 N–H and O–H groups in total.